The van der Waals surface area contributed by atoms with E-state index in [4.69, 9.17) is 20.8 Å². The summed E-state index contributed by atoms with van der Waals surface area (Å²) in [6.45, 7) is 2.86. The van der Waals surface area contributed by atoms with Crippen LogP contribution in [0.1, 0.15) is 24.3 Å². The van der Waals surface area contributed by atoms with Gasteiger partial charge in [-0.15, -0.1) is 10.2 Å². The van der Waals surface area contributed by atoms with Crippen molar-refractivity contribution in [2.75, 3.05) is 11.9 Å². The van der Waals surface area contributed by atoms with Crippen LogP contribution in [0.5, 0.6) is 5.75 Å². The first-order valence-corrected chi connectivity index (χ1v) is 8.14. The molecule has 0 spiro atoms. The molecular formula is C18H18ClN3O2. The van der Waals surface area contributed by atoms with Crippen molar-refractivity contribution in [2.45, 2.75) is 19.9 Å². The average molecular weight is 344 g/mol. The lowest BCUT2D eigenvalue weighted by molar-refractivity contribution is 0.342. The predicted molar refractivity (Wildman–Crippen MR) is 93.5 cm³/mol. The summed E-state index contributed by atoms with van der Waals surface area (Å²) in [7, 11) is 0. The van der Waals surface area contributed by atoms with E-state index in [1.54, 1.807) is 6.07 Å². The van der Waals surface area contributed by atoms with E-state index in [1.165, 1.54) is 0 Å². The zero-order valence-electron chi connectivity index (χ0n) is 13.3. The van der Waals surface area contributed by atoms with Crippen molar-refractivity contribution in [1.29, 1.82) is 0 Å². The number of rotatable bonds is 7. The molecule has 2 aromatic carbocycles. The molecule has 0 aliphatic carbocycles. The standard InChI is InChI=1S/C18H18ClN3O2/c1-2-23-18-14(19)9-6-10-15(18)20-12-17-22-21-16(24-17)11-13-7-4-3-5-8-13/h3-10,20H,2,11-12H2,1H3. The summed E-state index contributed by atoms with van der Waals surface area (Å²) in [5, 5.41) is 12.0. The molecule has 0 unspecified atom stereocenters. The highest BCUT2D eigenvalue weighted by Crippen LogP contribution is 2.33. The smallest absolute Gasteiger partial charge is 0.235 e. The van der Waals surface area contributed by atoms with Gasteiger partial charge in [0.1, 0.15) is 0 Å². The fourth-order valence-corrected chi connectivity index (χ4v) is 2.54. The lowest BCUT2D eigenvalue weighted by Crippen LogP contribution is -2.03. The third-order valence-electron chi connectivity index (χ3n) is 3.39. The Balaban J connectivity index is 1.65. The van der Waals surface area contributed by atoms with Crippen molar-refractivity contribution >= 4 is 17.3 Å². The third kappa shape index (κ3) is 4.06. The van der Waals surface area contributed by atoms with Gasteiger partial charge in [-0.2, -0.15) is 0 Å². The largest absolute Gasteiger partial charge is 0.490 e. The number of benzene rings is 2. The Labute approximate surface area is 145 Å². The Morgan fingerprint density at radius 2 is 1.83 bits per heavy atom. The molecule has 1 N–H and O–H groups in total. The molecule has 0 saturated heterocycles. The van der Waals surface area contributed by atoms with E-state index in [2.05, 4.69) is 15.5 Å². The fourth-order valence-electron chi connectivity index (χ4n) is 2.31. The van der Waals surface area contributed by atoms with E-state index in [0.717, 1.165) is 11.3 Å². The first kappa shape index (κ1) is 16.3. The van der Waals surface area contributed by atoms with Crippen LogP contribution in [0.2, 0.25) is 5.02 Å². The zero-order valence-corrected chi connectivity index (χ0v) is 14.1. The Bertz CT molecular complexity index is 790. The Hall–Kier alpha value is -2.53. The summed E-state index contributed by atoms with van der Waals surface area (Å²) in [6, 6.07) is 15.6. The normalized spacial score (nSPS) is 10.6. The van der Waals surface area contributed by atoms with Crippen molar-refractivity contribution in [2.24, 2.45) is 0 Å². The maximum Gasteiger partial charge on any atom is 0.235 e. The SMILES string of the molecule is CCOc1c(Cl)cccc1NCc1nnc(Cc2ccccc2)o1. The van der Waals surface area contributed by atoms with Crippen LogP contribution in [0.15, 0.2) is 52.9 Å². The molecule has 1 aromatic heterocycles. The van der Waals surface area contributed by atoms with Crippen LogP contribution in [-0.2, 0) is 13.0 Å². The van der Waals surface area contributed by atoms with Crippen LogP contribution in [0.25, 0.3) is 0 Å². The molecule has 1 heterocycles. The van der Waals surface area contributed by atoms with Crippen LogP contribution in [0.4, 0.5) is 5.69 Å². The van der Waals surface area contributed by atoms with E-state index < -0.39 is 0 Å². The summed E-state index contributed by atoms with van der Waals surface area (Å²) < 4.78 is 11.3. The molecule has 3 rings (SSSR count). The van der Waals surface area contributed by atoms with Gasteiger partial charge in [0, 0.05) is 0 Å². The molecule has 0 saturated carbocycles. The molecule has 6 heteroatoms. The summed E-state index contributed by atoms with van der Waals surface area (Å²) >= 11 is 6.17. The highest BCUT2D eigenvalue weighted by molar-refractivity contribution is 6.32. The fraction of sp³-hybridized carbons (Fsp3) is 0.222. The first-order chi connectivity index (χ1) is 11.8. The minimum atomic E-state index is 0.405. The van der Waals surface area contributed by atoms with Crippen LogP contribution < -0.4 is 10.1 Å². The van der Waals surface area contributed by atoms with Gasteiger partial charge in [-0.25, -0.2) is 0 Å². The first-order valence-electron chi connectivity index (χ1n) is 7.76. The molecule has 0 amide bonds. The molecule has 0 bridgehead atoms. The predicted octanol–water partition coefficient (Wildman–Crippen LogP) is 4.32. The monoisotopic (exact) mass is 343 g/mol. The number of anilines is 1. The van der Waals surface area contributed by atoms with E-state index in [-0.39, 0.29) is 0 Å². The number of halogens is 1. The van der Waals surface area contributed by atoms with E-state index >= 15 is 0 Å². The maximum absolute atomic E-state index is 6.17. The van der Waals surface area contributed by atoms with Gasteiger partial charge in [0.05, 0.1) is 30.3 Å². The molecule has 0 aliphatic rings. The number of nitrogens with one attached hydrogen (secondary N) is 1. The van der Waals surface area contributed by atoms with Gasteiger partial charge in [-0.1, -0.05) is 48.0 Å². The summed E-state index contributed by atoms with van der Waals surface area (Å²) in [5.74, 6) is 1.74. The third-order valence-corrected chi connectivity index (χ3v) is 3.69. The summed E-state index contributed by atoms with van der Waals surface area (Å²) in [4.78, 5) is 0. The quantitative estimate of drug-likeness (QED) is 0.692. The average Bonchev–Trinajstić information content (AvgIpc) is 3.04. The topological polar surface area (TPSA) is 60.2 Å². The number of aromatic nitrogens is 2. The Morgan fingerprint density at radius 1 is 1.04 bits per heavy atom. The van der Waals surface area contributed by atoms with Crippen molar-refractivity contribution < 1.29 is 9.15 Å². The molecule has 3 aromatic rings. The van der Waals surface area contributed by atoms with Crippen molar-refractivity contribution in [3.63, 3.8) is 0 Å². The second kappa shape index (κ2) is 7.84. The molecule has 5 nitrogen and oxygen atoms in total. The van der Waals surface area contributed by atoms with Crippen molar-refractivity contribution in [3.8, 4) is 5.75 Å². The molecular weight excluding hydrogens is 326 g/mol. The van der Waals surface area contributed by atoms with Crippen molar-refractivity contribution in [1.82, 2.24) is 10.2 Å². The summed E-state index contributed by atoms with van der Waals surface area (Å²) in [5.41, 5.74) is 1.93. The van der Waals surface area contributed by atoms with Gasteiger partial charge in [-0.3, -0.25) is 0 Å². The minimum Gasteiger partial charge on any atom is -0.490 e. The Morgan fingerprint density at radius 3 is 2.62 bits per heavy atom. The van der Waals surface area contributed by atoms with E-state index in [0.29, 0.717) is 42.1 Å². The highest BCUT2D eigenvalue weighted by Gasteiger charge is 2.10. The number of para-hydroxylation sites is 1. The van der Waals surface area contributed by atoms with Gasteiger partial charge >= 0.3 is 0 Å². The van der Waals surface area contributed by atoms with Crippen LogP contribution in [-0.4, -0.2) is 16.8 Å². The van der Waals surface area contributed by atoms with Gasteiger partial charge in [0.15, 0.2) is 5.75 Å². The summed E-state index contributed by atoms with van der Waals surface area (Å²) in [6.07, 6.45) is 0.620. The molecule has 0 fully saturated rings. The van der Waals surface area contributed by atoms with Crippen LogP contribution >= 0.6 is 11.6 Å². The van der Waals surface area contributed by atoms with Gasteiger partial charge in [-0.05, 0) is 24.6 Å². The Kier molecular flexibility index (Phi) is 5.33. The minimum absolute atomic E-state index is 0.405. The van der Waals surface area contributed by atoms with Crippen LogP contribution in [0.3, 0.4) is 0 Å². The number of hydrogen-bond acceptors (Lipinski definition) is 5. The van der Waals surface area contributed by atoms with E-state index in [1.807, 2.05) is 49.4 Å². The highest BCUT2D eigenvalue weighted by atomic mass is 35.5. The lowest BCUT2D eigenvalue weighted by atomic mass is 10.2. The number of nitrogens with zero attached hydrogens (tertiary/aromatic N) is 2. The van der Waals surface area contributed by atoms with Crippen LogP contribution in [0, 0.1) is 0 Å². The molecule has 0 atom stereocenters. The molecule has 24 heavy (non-hydrogen) atoms. The van der Waals surface area contributed by atoms with Gasteiger partial charge in [0.2, 0.25) is 11.8 Å². The van der Waals surface area contributed by atoms with Gasteiger partial charge in [0.25, 0.3) is 0 Å². The lowest BCUT2D eigenvalue weighted by Gasteiger charge is -2.12. The number of ether oxygens (including phenoxy) is 1. The molecule has 0 aliphatic heterocycles. The maximum atomic E-state index is 6.17. The molecule has 0 radical (unpaired) electrons. The number of hydrogen-bond donors (Lipinski definition) is 1. The molecule has 124 valence electrons. The van der Waals surface area contributed by atoms with E-state index in [9.17, 15) is 0 Å². The van der Waals surface area contributed by atoms with Gasteiger partial charge < -0.3 is 14.5 Å². The second-order valence-corrected chi connectivity index (χ2v) is 5.56. The van der Waals surface area contributed by atoms with Crippen molar-refractivity contribution in [3.05, 3.63) is 70.9 Å². The second-order valence-electron chi connectivity index (χ2n) is 5.16. The zero-order chi connectivity index (χ0) is 16.8.